The van der Waals surface area contributed by atoms with Gasteiger partial charge in [-0.05, 0) is 118 Å². The van der Waals surface area contributed by atoms with Crippen molar-refractivity contribution >= 4 is 66.6 Å². The molecular weight excluding hydrogens is 747 g/mol. The molecule has 0 unspecified atom stereocenters. The molecule has 4 aliphatic rings. The number of aromatic nitrogens is 2. The van der Waals surface area contributed by atoms with Gasteiger partial charge < -0.3 is 9.13 Å². The third-order valence-electron chi connectivity index (χ3n) is 15.3. The highest BCUT2D eigenvalue weighted by Gasteiger charge is 2.54. The summed E-state index contributed by atoms with van der Waals surface area (Å²) in [7, 11) is 0. The smallest absolute Gasteiger partial charge is 0.252 e. The maximum Gasteiger partial charge on any atom is 0.252 e. The first-order chi connectivity index (χ1) is 30.4. The van der Waals surface area contributed by atoms with Gasteiger partial charge >= 0.3 is 0 Å². The van der Waals surface area contributed by atoms with Crippen LogP contribution >= 0.6 is 0 Å². The van der Waals surface area contributed by atoms with Crippen LogP contribution in [0.2, 0.25) is 0 Å². The second-order valence-corrected chi connectivity index (χ2v) is 18.7. The van der Waals surface area contributed by atoms with Crippen molar-refractivity contribution in [1.29, 1.82) is 0 Å². The molecular formula is C59H39BN2. The average molecular weight is 787 g/mol. The number of rotatable bonds is 2. The number of benzene rings is 9. The lowest BCUT2D eigenvalue weighted by molar-refractivity contribution is 0.748. The Labute approximate surface area is 360 Å². The van der Waals surface area contributed by atoms with Crippen molar-refractivity contribution in [3.8, 4) is 44.9 Å². The van der Waals surface area contributed by atoms with Crippen LogP contribution in [0.25, 0.3) is 88.4 Å². The van der Waals surface area contributed by atoms with Gasteiger partial charge in [-0.2, -0.15) is 0 Å². The third-order valence-corrected chi connectivity index (χ3v) is 15.3. The van der Waals surface area contributed by atoms with Crippen LogP contribution in [0.5, 0.6) is 0 Å². The summed E-state index contributed by atoms with van der Waals surface area (Å²) in [5, 5.41) is 6.63. The van der Waals surface area contributed by atoms with Gasteiger partial charge in [-0.15, -0.1) is 0 Å². The van der Waals surface area contributed by atoms with Crippen LogP contribution in [0.15, 0.2) is 164 Å². The molecule has 3 aliphatic heterocycles. The van der Waals surface area contributed by atoms with Crippen molar-refractivity contribution in [3.05, 3.63) is 208 Å². The van der Waals surface area contributed by atoms with E-state index in [1.807, 2.05) is 0 Å². The SMILES string of the molecule is Cc1ccc(-c2c(-c3ccc(C)cc3)n3c4c(cc5ccccc5c24)B2c4c-3ccc3c4-n4c5c2cc(C)cc5c2cc(C)cc(c24)C32c3ccccc3-c3ccccc32)cc1. The molecule has 3 heteroatoms. The van der Waals surface area contributed by atoms with E-state index in [4.69, 9.17) is 0 Å². The van der Waals surface area contributed by atoms with E-state index < -0.39 is 5.41 Å². The van der Waals surface area contributed by atoms with Crippen LogP contribution < -0.4 is 16.4 Å². The van der Waals surface area contributed by atoms with Gasteiger partial charge in [-0.25, -0.2) is 0 Å². The van der Waals surface area contributed by atoms with Crippen LogP contribution in [0.1, 0.15) is 44.5 Å². The fourth-order valence-corrected chi connectivity index (χ4v) is 13.0. The monoisotopic (exact) mass is 786 g/mol. The van der Waals surface area contributed by atoms with Gasteiger partial charge in [0.15, 0.2) is 0 Å². The second kappa shape index (κ2) is 11.1. The summed E-state index contributed by atoms with van der Waals surface area (Å²) >= 11 is 0. The Kier molecular flexibility index (Phi) is 5.98. The molecule has 0 fully saturated rings. The largest absolute Gasteiger partial charge is 0.310 e. The topological polar surface area (TPSA) is 9.86 Å². The molecule has 288 valence electrons. The lowest BCUT2D eigenvalue weighted by atomic mass is 9.33. The van der Waals surface area contributed by atoms with Crippen molar-refractivity contribution in [2.45, 2.75) is 33.1 Å². The van der Waals surface area contributed by atoms with E-state index in [-0.39, 0.29) is 6.71 Å². The van der Waals surface area contributed by atoms with Gasteiger partial charge in [-0.1, -0.05) is 168 Å². The molecule has 5 heterocycles. The molecule has 0 amide bonds. The van der Waals surface area contributed by atoms with Crippen molar-refractivity contribution in [1.82, 2.24) is 9.13 Å². The molecule has 0 bridgehead atoms. The van der Waals surface area contributed by atoms with E-state index in [0.717, 1.165) is 0 Å². The van der Waals surface area contributed by atoms with Crippen LogP contribution in [-0.2, 0) is 5.41 Å². The van der Waals surface area contributed by atoms with Crippen molar-refractivity contribution in [3.63, 3.8) is 0 Å². The summed E-state index contributed by atoms with van der Waals surface area (Å²) in [5.74, 6) is 0. The third kappa shape index (κ3) is 3.71. The second-order valence-electron chi connectivity index (χ2n) is 18.7. The highest BCUT2D eigenvalue weighted by molar-refractivity contribution is 7.00. The molecule has 9 aromatic carbocycles. The highest BCUT2D eigenvalue weighted by atomic mass is 15.1. The van der Waals surface area contributed by atoms with E-state index in [1.54, 1.807) is 0 Å². The molecule has 0 saturated carbocycles. The Morgan fingerprint density at radius 3 is 1.77 bits per heavy atom. The van der Waals surface area contributed by atoms with Gasteiger partial charge in [0, 0.05) is 38.6 Å². The van der Waals surface area contributed by atoms with E-state index in [0.29, 0.717) is 0 Å². The first kappa shape index (κ1) is 33.4. The normalized spacial score (nSPS) is 14.2. The van der Waals surface area contributed by atoms with Crippen molar-refractivity contribution in [2.75, 3.05) is 0 Å². The number of hydrogen-bond acceptors (Lipinski definition) is 0. The average Bonchev–Trinajstić information content (AvgIpc) is 3.92. The standard InChI is InChI=1S/C59H39BN2/c1-32-17-21-36(22-18-32)51-52-39-12-6-5-11-38(39)31-49-58(52)61(54(51)37-23-19-33(2)20-24-37)50-26-25-46-57-53(50)60(49)48-30-35(4)28-43-42-27-34(3)29-47(55(42)62(57)56(43)48)59(46)44-15-9-7-13-40(44)41-14-8-10-16-45(41)59/h5-31H,1-4H3. The van der Waals surface area contributed by atoms with E-state index >= 15 is 0 Å². The number of fused-ring (bicyclic) bond motifs is 13. The Bertz CT molecular complexity index is 3850. The predicted molar refractivity (Wildman–Crippen MR) is 260 cm³/mol. The highest BCUT2D eigenvalue weighted by Crippen LogP contribution is 2.62. The summed E-state index contributed by atoms with van der Waals surface area (Å²) < 4.78 is 5.42. The summed E-state index contributed by atoms with van der Waals surface area (Å²) in [6.45, 7) is 9.02. The quantitative estimate of drug-likeness (QED) is 0.155. The zero-order valence-corrected chi connectivity index (χ0v) is 35.1. The molecule has 2 aromatic heterocycles. The molecule has 11 aromatic rings. The van der Waals surface area contributed by atoms with E-state index in [1.165, 1.54) is 149 Å². The minimum Gasteiger partial charge on any atom is -0.310 e. The fraction of sp³-hybridized carbons (Fsp3) is 0.0847. The minimum absolute atomic E-state index is 0.0250. The van der Waals surface area contributed by atoms with Gasteiger partial charge in [0.2, 0.25) is 0 Å². The molecule has 2 nitrogen and oxygen atoms in total. The molecule has 15 rings (SSSR count). The van der Waals surface area contributed by atoms with Gasteiger partial charge in [0.05, 0.1) is 22.1 Å². The number of nitrogens with zero attached hydrogens (tertiary/aromatic N) is 2. The zero-order chi connectivity index (χ0) is 40.9. The van der Waals surface area contributed by atoms with Crippen LogP contribution in [0.3, 0.4) is 0 Å². The maximum atomic E-state index is 2.73. The summed E-state index contributed by atoms with van der Waals surface area (Å²) in [6.07, 6.45) is 0. The molecule has 1 aliphatic carbocycles. The lowest BCUT2D eigenvalue weighted by Gasteiger charge is -2.44. The Morgan fingerprint density at radius 2 is 1.05 bits per heavy atom. The van der Waals surface area contributed by atoms with E-state index in [9.17, 15) is 0 Å². The number of hydrogen-bond donors (Lipinski definition) is 0. The van der Waals surface area contributed by atoms with Crippen molar-refractivity contribution in [2.24, 2.45) is 0 Å². The first-order valence-electron chi connectivity index (χ1n) is 22.1. The zero-order valence-electron chi connectivity index (χ0n) is 35.1. The maximum absolute atomic E-state index is 2.73. The fourth-order valence-electron chi connectivity index (χ4n) is 13.0. The van der Waals surface area contributed by atoms with Gasteiger partial charge in [0.25, 0.3) is 6.71 Å². The lowest BCUT2D eigenvalue weighted by Crippen LogP contribution is -2.60. The minimum atomic E-state index is -0.494. The molecule has 0 atom stereocenters. The Morgan fingerprint density at radius 1 is 0.435 bits per heavy atom. The number of aryl methyl sites for hydroxylation is 4. The summed E-state index contributed by atoms with van der Waals surface area (Å²) in [4.78, 5) is 0. The molecule has 1 spiro atoms. The summed E-state index contributed by atoms with van der Waals surface area (Å²) in [5.41, 5.74) is 28.8. The Hall–Kier alpha value is -7.36. The van der Waals surface area contributed by atoms with Crippen LogP contribution in [0.4, 0.5) is 0 Å². The van der Waals surface area contributed by atoms with Crippen LogP contribution in [0, 0.1) is 27.7 Å². The Balaban J connectivity index is 1.22. The molecule has 0 saturated heterocycles. The molecule has 62 heavy (non-hydrogen) atoms. The predicted octanol–water partition coefficient (Wildman–Crippen LogP) is 12.3. The van der Waals surface area contributed by atoms with Gasteiger partial charge in [-0.3, -0.25) is 0 Å². The van der Waals surface area contributed by atoms with Gasteiger partial charge in [0.1, 0.15) is 0 Å². The summed E-state index contributed by atoms with van der Waals surface area (Å²) in [6, 6.07) is 63.7. The first-order valence-corrected chi connectivity index (χ1v) is 22.1. The molecule has 0 radical (unpaired) electrons. The van der Waals surface area contributed by atoms with Crippen molar-refractivity contribution < 1.29 is 0 Å². The molecule has 0 N–H and O–H groups in total. The van der Waals surface area contributed by atoms with Crippen LogP contribution in [-0.4, -0.2) is 15.8 Å². The van der Waals surface area contributed by atoms with E-state index in [2.05, 4.69) is 201 Å².